The Hall–Kier alpha value is -3.45. The molecule has 7 nitrogen and oxygen atoms in total. The molecule has 5 rings (SSSR count). The first-order chi connectivity index (χ1) is 14.6. The first-order valence-electron chi connectivity index (χ1n) is 10.1. The summed E-state index contributed by atoms with van der Waals surface area (Å²) in [5, 5.41) is 8.85. The molecule has 0 aliphatic carbocycles. The summed E-state index contributed by atoms with van der Waals surface area (Å²) in [7, 11) is 2.06. The smallest absolute Gasteiger partial charge is 0.289 e. The quantitative estimate of drug-likeness (QED) is 0.526. The summed E-state index contributed by atoms with van der Waals surface area (Å²) in [5.41, 5.74) is 5.30. The number of piperazine rings is 1. The normalized spacial score (nSPS) is 17.5. The maximum absolute atomic E-state index is 12.7. The molecule has 0 N–H and O–H groups in total. The zero-order valence-corrected chi connectivity index (χ0v) is 17.0. The van der Waals surface area contributed by atoms with Gasteiger partial charge in [0.25, 0.3) is 5.91 Å². The van der Waals surface area contributed by atoms with Gasteiger partial charge in [-0.2, -0.15) is 0 Å². The number of hydrogen-bond acceptors (Lipinski definition) is 5. The van der Waals surface area contributed by atoms with Gasteiger partial charge in [-0.1, -0.05) is 41.1 Å². The lowest BCUT2D eigenvalue weighted by Crippen LogP contribution is -2.49. The fraction of sp³-hybridized carbons (Fsp3) is 0.261. The van der Waals surface area contributed by atoms with Crippen LogP contribution >= 0.6 is 0 Å². The fourth-order valence-corrected chi connectivity index (χ4v) is 3.98. The SMILES string of the molecule is Cc1ccc(-c2ccc3c([C@@H]4CN(C(=O)c5ccco5)CCN4C)nnn3c2)cc1. The number of fused-ring (bicyclic) bond motifs is 1. The van der Waals surface area contributed by atoms with Crippen molar-refractivity contribution >= 4 is 11.4 Å². The Balaban J connectivity index is 1.44. The summed E-state index contributed by atoms with van der Waals surface area (Å²) in [5.74, 6) is 0.282. The van der Waals surface area contributed by atoms with Crippen molar-refractivity contribution in [3.63, 3.8) is 0 Å². The Morgan fingerprint density at radius 2 is 1.87 bits per heavy atom. The van der Waals surface area contributed by atoms with Crippen molar-refractivity contribution in [2.45, 2.75) is 13.0 Å². The number of benzene rings is 1. The molecule has 152 valence electrons. The molecule has 30 heavy (non-hydrogen) atoms. The number of aromatic nitrogens is 3. The molecule has 4 heterocycles. The van der Waals surface area contributed by atoms with E-state index < -0.39 is 0 Å². The number of rotatable bonds is 3. The third kappa shape index (κ3) is 3.27. The maximum atomic E-state index is 12.7. The predicted molar refractivity (Wildman–Crippen MR) is 113 cm³/mol. The molecule has 0 unspecified atom stereocenters. The van der Waals surface area contributed by atoms with Gasteiger partial charge in [-0.15, -0.1) is 5.10 Å². The zero-order valence-electron chi connectivity index (χ0n) is 17.0. The number of pyridine rings is 1. The van der Waals surface area contributed by atoms with E-state index >= 15 is 0 Å². The van der Waals surface area contributed by atoms with Crippen molar-refractivity contribution in [2.24, 2.45) is 0 Å². The van der Waals surface area contributed by atoms with Crippen LogP contribution in [-0.4, -0.2) is 57.2 Å². The minimum atomic E-state index is -0.0868. The highest BCUT2D eigenvalue weighted by Crippen LogP contribution is 2.28. The molecule has 3 aromatic heterocycles. The summed E-state index contributed by atoms with van der Waals surface area (Å²) in [4.78, 5) is 16.8. The number of carbonyl (C=O) groups is 1. The lowest BCUT2D eigenvalue weighted by Gasteiger charge is -2.38. The van der Waals surface area contributed by atoms with Crippen LogP contribution in [0.5, 0.6) is 0 Å². The van der Waals surface area contributed by atoms with E-state index in [4.69, 9.17) is 4.42 Å². The minimum Gasteiger partial charge on any atom is -0.459 e. The van der Waals surface area contributed by atoms with E-state index in [1.54, 1.807) is 12.1 Å². The molecule has 1 aliphatic rings. The fourth-order valence-electron chi connectivity index (χ4n) is 3.98. The maximum Gasteiger partial charge on any atom is 0.289 e. The standard InChI is InChI=1S/C23H23N5O2/c1-16-5-7-17(8-6-16)18-9-10-19-22(24-25-28(19)14-18)20-15-27(12-11-26(20)2)23(29)21-4-3-13-30-21/h3-10,13-14,20H,11-12,15H2,1-2H3/t20-/m0/s1. The third-order valence-corrected chi connectivity index (χ3v) is 5.81. The van der Waals surface area contributed by atoms with E-state index in [0.29, 0.717) is 18.8 Å². The summed E-state index contributed by atoms with van der Waals surface area (Å²) in [6.45, 7) is 4.04. The van der Waals surface area contributed by atoms with Crippen LogP contribution in [0.2, 0.25) is 0 Å². The van der Waals surface area contributed by atoms with Gasteiger partial charge < -0.3 is 9.32 Å². The summed E-state index contributed by atoms with van der Waals surface area (Å²) >= 11 is 0. The molecule has 0 spiro atoms. The van der Waals surface area contributed by atoms with E-state index in [1.807, 2.05) is 15.6 Å². The van der Waals surface area contributed by atoms with Gasteiger partial charge >= 0.3 is 0 Å². The average molecular weight is 401 g/mol. The molecule has 4 aromatic rings. The van der Waals surface area contributed by atoms with Crippen LogP contribution in [0.4, 0.5) is 0 Å². The minimum absolute atomic E-state index is 0.0274. The first-order valence-corrected chi connectivity index (χ1v) is 10.1. The second-order valence-electron chi connectivity index (χ2n) is 7.81. The highest BCUT2D eigenvalue weighted by Gasteiger charge is 2.32. The molecule has 0 bridgehead atoms. The van der Waals surface area contributed by atoms with Gasteiger partial charge in [0.15, 0.2) is 5.76 Å². The van der Waals surface area contributed by atoms with Crippen molar-refractivity contribution in [3.8, 4) is 11.1 Å². The lowest BCUT2D eigenvalue weighted by atomic mass is 10.0. The van der Waals surface area contributed by atoms with Crippen LogP contribution in [0.25, 0.3) is 16.6 Å². The van der Waals surface area contributed by atoms with E-state index in [9.17, 15) is 4.79 Å². The highest BCUT2D eigenvalue weighted by atomic mass is 16.3. The van der Waals surface area contributed by atoms with Crippen molar-refractivity contribution in [2.75, 3.05) is 26.7 Å². The van der Waals surface area contributed by atoms with Gasteiger partial charge in [0, 0.05) is 31.4 Å². The Labute approximate surface area is 174 Å². The molecule has 0 radical (unpaired) electrons. The molecule has 1 aliphatic heterocycles. The average Bonchev–Trinajstić information content (AvgIpc) is 3.44. The summed E-state index contributed by atoms with van der Waals surface area (Å²) in [6, 6.07) is 16.0. The van der Waals surface area contributed by atoms with Crippen LogP contribution in [0, 0.1) is 6.92 Å². The third-order valence-electron chi connectivity index (χ3n) is 5.81. The van der Waals surface area contributed by atoms with Crippen molar-refractivity contribution < 1.29 is 9.21 Å². The molecule has 1 atom stereocenters. The number of furan rings is 1. The lowest BCUT2D eigenvalue weighted by molar-refractivity contribution is 0.0513. The van der Waals surface area contributed by atoms with E-state index in [2.05, 4.69) is 65.6 Å². The Morgan fingerprint density at radius 1 is 1.07 bits per heavy atom. The predicted octanol–water partition coefficient (Wildman–Crippen LogP) is 3.43. The van der Waals surface area contributed by atoms with E-state index in [1.165, 1.54) is 11.8 Å². The van der Waals surface area contributed by atoms with Gasteiger partial charge in [-0.25, -0.2) is 4.52 Å². The monoisotopic (exact) mass is 401 g/mol. The van der Waals surface area contributed by atoms with Crippen LogP contribution in [0.15, 0.2) is 65.4 Å². The number of aryl methyl sites for hydroxylation is 1. The summed E-state index contributed by atoms with van der Waals surface area (Å²) < 4.78 is 7.12. The Morgan fingerprint density at radius 3 is 2.63 bits per heavy atom. The second-order valence-corrected chi connectivity index (χ2v) is 7.81. The summed E-state index contributed by atoms with van der Waals surface area (Å²) in [6.07, 6.45) is 3.53. The number of nitrogens with zero attached hydrogens (tertiary/aromatic N) is 5. The topological polar surface area (TPSA) is 66.9 Å². The van der Waals surface area contributed by atoms with Crippen molar-refractivity contribution in [3.05, 3.63) is 78.0 Å². The highest BCUT2D eigenvalue weighted by molar-refractivity contribution is 5.91. The number of carbonyl (C=O) groups excluding carboxylic acids is 1. The molecule has 1 saturated heterocycles. The van der Waals surface area contributed by atoms with Crippen LogP contribution < -0.4 is 0 Å². The molecule has 7 heteroatoms. The Bertz CT molecular complexity index is 1180. The molecule has 0 saturated carbocycles. The van der Waals surface area contributed by atoms with Crippen LogP contribution in [0.1, 0.15) is 27.9 Å². The van der Waals surface area contributed by atoms with Crippen LogP contribution in [0.3, 0.4) is 0 Å². The molecule has 1 fully saturated rings. The van der Waals surface area contributed by atoms with Gasteiger partial charge in [-0.3, -0.25) is 9.69 Å². The largest absolute Gasteiger partial charge is 0.459 e. The molecular formula is C23H23N5O2. The van der Waals surface area contributed by atoms with Gasteiger partial charge in [0.2, 0.25) is 0 Å². The molecule has 1 amide bonds. The van der Waals surface area contributed by atoms with Gasteiger partial charge in [0.05, 0.1) is 17.8 Å². The van der Waals surface area contributed by atoms with Crippen LogP contribution in [-0.2, 0) is 0 Å². The molecular weight excluding hydrogens is 378 g/mol. The molecule has 1 aromatic carbocycles. The number of likely N-dealkylation sites (N-methyl/N-ethyl adjacent to an activating group) is 1. The zero-order chi connectivity index (χ0) is 20.7. The second kappa shape index (κ2) is 7.42. The number of amides is 1. The van der Waals surface area contributed by atoms with E-state index in [0.717, 1.165) is 28.9 Å². The van der Waals surface area contributed by atoms with Gasteiger partial charge in [-0.05, 0) is 37.7 Å². The van der Waals surface area contributed by atoms with Crippen molar-refractivity contribution in [1.29, 1.82) is 0 Å². The van der Waals surface area contributed by atoms with Crippen molar-refractivity contribution in [1.82, 2.24) is 24.6 Å². The first kappa shape index (κ1) is 18.6. The van der Waals surface area contributed by atoms with E-state index in [-0.39, 0.29) is 11.9 Å². The van der Waals surface area contributed by atoms with Gasteiger partial charge in [0.1, 0.15) is 5.69 Å². The Kier molecular flexibility index (Phi) is 4.59. The number of hydrogen-bond donors (Lipinski definition) is 0.